The molecule has 0 aromatic heterocycles. The van der Waals surface area contributed by atoms with E-state index in [0.717, 1.165) is 25.3 Å². The van der Waals surface area contributed by atoms with Crippen molar-refractivity contribution >= 4 is 0 Å². The van der Waals surface area contributed by atoms with Crippen LogP contribution in [0, 0.1) is 0 Å². The predicted octanol–water partition coefficient (Wildman–Crippen LogP) is 2.69. The molecular weight excluding hydrogens is 236 g/mol. The van der Waals surface area contributed by atoms with Crippen LogP contribution in [0.2, 0.25) is 0 Å². The van der Waals surface area contributed by atoms with Gasteiger partial charge < -0.3 is 15.0 Å². The minimum atomic E-state index is 0.134. The van der Waals surface area contributed by atoms with Crippen LogP contribution in [0.3, 0.4) is 0 Å². The lowest BCUT2D eigenvalue weighted by Gasteiger charge is -2.30. The Labute approximate surface area is 118 Å². The van der Waals surface area contributed by atoms with Crippen molar-refractivity contribution in [2.24, 2.45) is 0 Å². The summed E-state index contributed by atoms with van der Waals surface area (Å²) >= 11 is 0. The SMILES string of the molecule is CCc1cc(CN(C)CC(C)(C)NC)ccc1OC. The zero-order chi connectivity index (χ0) is 14.5. The summed E-state index contributed by atoms with van der Waals surface area (Å²) in [6.45, 7) is 8.57. The van der Waals surface area contributed by atoms with Crippen molar-refractivity contribution in [2.45, 2.75) is 39.3 Å². The van der Waals surface area contributed by atoms with Crippen molar-refractivity contribution in [3.63, 3.8) is 0 Å². The minimum absolute atomic E-state index is 0.134. The van der Waals surface area contributed by atoms with Gasteiger partial charge in [0.25, 0.3) is 0 Å². The first-order valence-electron chi connectivity index (χ1n) is 6.95. The van der Waals surface area contributed by atoms with Crippen LogP contribution in [0.25, 0.3) is 0 Å². The quantitative estimate of drug-likeness (QED) is 0.819. The van der Waals surface area contributed by atoms with E-state index in [4.69, 9.17) is 4.74 Å². The highest BCUT2D eigenvalue weighted by molar-refractivity contribution is 5.37. The molecule has 0 saturated heterocycles. The van der Waals surface area contributed by atoms with Crippen LogP contribution in [-0.4, -0.2) is 38.2 Å². The fourth-order valence-corrected chi connectivity index (χ4v) is 2.33. The average Bonchev–Trinajstić information content (AvgIpc) is 2.37. The van der Waals surface area contributed by atoms with Crippen molar-refractivity contribution in [3.8, 4) is 5.75 Å². The Bertz CT molecular complexity index is 402. The Balaban J connectivity index is 2.72. The zero-order valence-corrected chi connectivity index (χ0v) is 13.2. The van der Waals surface area contributed by atoms with Crippen molar-refractivity contribution in [3.05, 3.63) is 29.3 Å². The number of aryl methyl sites for hydroxylation is 1. The lowest BCUT2D eigenvalue weighted by Crippen LogP contribution is -2.46. The standard InChI is InChI=1S/C16H28N2O/c1-7-14-10-13(8-9-15(14)19-6)11-18(5)12-16(2,3)17-4/h8-10,17H,7,11-12H2,1-6H3. The number of methoxy groups -OCH3 is 1. The van der Waals surface area contributed by atoms with Gasteiger partial charge in [-0.3, -0.25) is 0 Å². The fourth-order valence-electron chi connectivity index (χ4n) is 2.33. The molecule has 3 heteroatoms. The van der Waals surface area contributed by atoms with Crippen LogP contribution in [0.15, 0.2) is 18.2 Å². The van der Waals surface area contributed by atoms with Gasteiger partial charge >= 0.3 is 0 Å². The number of ether oxygens (including phenoxy) is 1. The highest BCUT2D eigenvalue weighted by atomic mass is 16.5. The smallest absolute Gasteiger partial charge is 0.122 e. The number of hydrogen-bond donors (Lipinski definition) is 1. The Morgan fingerprint density at radius 3 is 2.53 bits per heavy atom. The highest BCUT2D eigenvalue weighted by Gasteiger charge is 2.17. The van der Waals surface area contributed by atoms with Gasteiger partial charge in [-0.1, -0.05) is 19.1 Å². The van der Waals surface area contributed by atoms with Crippen LogP contribution >= 0.6 is 0 Å². The lowest BCUT2D eigenvalue weighted by atomic mass is 10.0. The second-order valence-electron chi connectivity index (χ2n) is 5.81. The van der Waals surface area contributed by atoms with Crippen molar-refractivity contribution in [2.75, 3.05) is 27.7 Å². The van der Waals surface area contributed by atoms with Crippen molar-refractivity contribution < 1.29 is 4.74 Å². The third kappa shape index (κ3) is 4.84. The van der Waals surface area contributed by atoms with Gasteiger partial charge in [0.05, 0.1) is 7.11 Å². The van der Waals surface area contributed by atoms with E-state index in [0.29, 0.717) is 0 Å². The topological polar surface area (TPSA) is 24.5 Å². The molecule has 19 heavy (non-hydrogen) atoms. The summed E-state index contributed by atoms with van der Waals surface area (Å²) in [5.41, 5.74) is 2.75. The highest BCUT2D eigenvalue weighted by Crippen LogP contribution is 2.21. The summed E-state index contributed by atoms with van der Waals surface area (Å²) in [7, 11) is 5.90. The molecule has 0 radical (unpaired) electrons. The Morgan fingerprint density at radius 2 is 2.00 bits per heavy atom. The summed E-state index contributed by atoms with van der Waals surface area (Å²) in [4.78, 5) is 2.34. The molecule has 1 N–H and O–H groups in total. The molecule has 1 rings (SSSR count). The molecule has 0 aliphatic heterocycles. The summed E-state index contributed by atoms with van der Waals surface area (Å²) < 4.78 is 5.37. The van der Waals surface area contributed by atoms with Gasteiger partial charge in [0.15, 0.2) is 0 Å². The summed E-state index contributed by atoms with van der Waals surface area (Å²) in [5, 5.41) is 3.34. The maximum Gasteiger partial charge on any atom is 0.122 e. The molecule has 0 heterocycles. The van der Waals surface area contributed by atoms with Gasteiger partial charge in [-0.15, -0.1) is 0 Å². The van der Waals surface area contributed by atoms with E-state index in [1.54, 1.807) is 7.11 Å². The summed E-state index contributed by atoms with van der Waals surface area (Å²) in [5.74, 6) is 0.990. The maximum atomic E-state index is 5.37. The minimum Gasteiger partial charge on any atom is -0.496 e. The molecule has 0 unspecified atom stereocenters. The van der Waals surface area contributed by atoms with Crippen molar-refractivity contribution in [1.29, 1.82) is 0 Å². The van der Waals surface area contributed by atoms with Gasteiger partial charge in [0.1, 0.15) is 5.75 Å². The molecule has 0 bridgehead atoms. The Hall–Kier alpha value is -1.06. The molecule has 0 atom stereocenters. The number of benzene rings is 1. The molecule has 1 aromatic carbocycles. The zero-order valence-electron chi connectivity index (χ0n) is 13.2. The van der Waals surface area contributed by atoms with Gasteiger partial charge in [-0.2, -0.15) is 0 Å². The van der Waals surface area contributed by atoms with Crippen LogP contribution < -0.4 is 10.1 Å². The predicted molar refractivity (Wildman–Crippen MR) is 81.8 cm³/mol. The van der Waals surface area contributed by atoms with E-state index in [-0.39, 0.29) is 5.54 Å². The van der Waals surface area contributed by atoms with E-state index in [2.05, 4.69) is 56.2 Å². The monoisotopic (exact) mass is 264 g/mol. The lowest BCUT2D eigenvalue weighted by molar-refractivity contribution is 0.238. The van der Waals surface area contributed by atoms with E-state index in [1.807, 2.05) is 7.05 Å². The average molecular weight is 264 g/mol. The summed E-state index contributed by atoms with van der Waals surface area (Å²) in [6.07, 6.45) is 1.00. The number of likely N-dealkylation sites (N-methyl/N-ethyl adjacent to an activating group) is 2. The van der Waals surface area contributed by atoms with E-state index in [1.165, 1.54) is 11.1 Å². The molecule has 0 aliphatic carbocycles. The molecule has 0 spiro atoms. The number of nitrogens with one attached hydrogen (secondary N) is 1. The van der Waals surface area contributed by atoms with Gasteiger partial charge in [-0.25, -0.2) is 0 Å². The number of hydrogen-bond acceptors (Lipinski definition) is 3. The maximum absolute atomic E-state index is 5.37. The largest absolute Gasteiger partial charge is 0.496 e. The van der Waals surface area contributed by atoms with Crippen LogP contribution in [0.4, 0.5) is 0 Å². The van der Waals surface area contributed by atoms with Gasteiger partial charge in [0.2, 0.25) is 0 Å². The fraction of sp³-hybridized carbons (Fsp3) is 0.625. The summed E-state index contributed by atoms with van der Waals surface area (Å²) in [6, 6.07) is 6.48. The van der Waals surface area contributed by atoms with E-state index in [9.17, 15) is 0 Å². The number of nitrogens with zero attached hydrogens (tertiary/aromatic N) is 1. The molecular formula is C16H28N2O. The molecule has 0 fully saturated rings. The van der Waals surface area contributed by atoms with Crippen LogP contribution in [0.1, 0.15) is 31.9 Å². The van der Waals surface area contributed by atoms with E-state index >= 15 is 0 Å². The van der Waals surface area contributed by atoms with Gasteiger partial charge in [0, 0.05) is 18.6 Å². The van der Waals surface area contributed by atoms with Crippen LogP contribution in [-0.2, 0) is 13.0 Å². The molecule has 1 aromatic rings. The van der Waals surface area contributed by atoms with Crippen molar-refractivity contribution in [1.82, 2.24) is 10.2 Å². The van der Waals surface area contributed by atoms with Crippen LogP contribution in [0.5, 0.6) is 5.75 Å². The Morgan fingerprint density at radius 1 is 1.32 bits per heavy atom. The molecule has 3 nitrogen and oxygen atoms in total. The number of rotatable bonds is 7. The third-order valence-corrected chi connectivity index (χ3v) is 3.52. The van der Waals surface area contributed by atoms with Gasteiger partial charge in [-0.05, 0) is 51.6 Å². The Kier molecular flexibility index (Phi) is 5.83. The molecule has 108 valence electrons. The molecule has 0 saturated carbocycles. The first kappa shape index (κ1) is 16.0. The molecule has 0 amide bonds. The first-order valence-corrected chi connectivity index (χ1v) is 6.95. The first-order chi connectivity index (χ1) is 8.91. The normalized spacial score (nSPS) is 11.9. The second-order valence-corrected chi connectivity index (χ2v) is 5.81. The molecule has 0 aliphatic rings. The van der Waals surface area contributed by atoms with E-state index < -0.39 is 0 Å². The third-order valence-electron chi connectivity index (χ3n) is 3.52. The second kappa shape index (κ2) is 6.92.